The van der Waals surface area contributed by atoms with Crippen molar-refractivity contribution in [1.29, 1.82) is 0 Å². The van der Waals surface area contributed by atoms with Gasteiger partial charge in [-0.1, -0.05) is 24.0 Å². The molecule has 0 spiro atoms. The van der Waals surface area contributed by atoms with Crippen LogP contribution in [0.15, 0.2) is 23.8 Å². The maximum Gasteiger partial charge on any atom is 0.0687 e. The predicted octanol–water partition coefficient (Wildman–Crippen LogP) is 1.50. The first kappa shape index (κ1) is 13.0. The second kappa shape index (κ2) is 6.42. The molecule has 0 radical (unpaired) electrons. The van der Waals surface area contributed by atoms with Crippen LogP contribution in [0.1, 0.15) is 20.8 Å². The Morgan fingerprint density at radius 2 is 1.93 bits per heavy atom. The molecule has 0 aromatic rings. The van der Waals surface area contributed by atoms with Gasteiger partial charge in [0.15, 0.2) is 0 Å². The Balaban J connectivity index is 4.44. The van der Waals surface area contributed by atoms with Crippen molar-refractivity contribution in [1.82, 2.24) is 0 Å². The second-order valence-corrected chi connectivity index (χ2v) is 3.98. The number of hydrogen-bond donors (Lipinski definition) is 2. The van der Waals surface area contributed by atoms with E-state index in [0.717, 1.165) is 0 Å². The van der Waals surface area contributed by atoms with E-state index in [9.17, 15) is 0 Å². The minimum atomic E-state index is -0.0602. The zero-order chi connectivity index (χ0) is 11.0. The summed E-state index contributed by atoms with van der Waals surface area (Å²) in [6.45, 7) is 5.99. The minimum Gasteiger partial charge on any atom is -0.392 e. The predicted molar refractivity (Wildman–Crippen MR) is 58.6 cm³/mol. The highest BCUT2D eigenvalue weighted by molar-refractivity contribution is 5.30. The lowest BCUT2D eigenvalue weighted by atomic mass is 9.98. The van der Waals surface area contributed by atoms with E-state index in [2.05, 4.69) is 11.8 Å². The summed E-state index contributed by atoms with van der Waals surface area (Å²) in [5.74, 6) is 5.91. The zero-order valence-corrected chi connectivity index (χ0v) is 9.04. The summed E-state index contributed by atoms with van der Waals surface area (Å²) in [6.07, 6.45) is 4.90. The van der Waals surface area contributed by atoms with E-state index in [1.807, 2.05) is 20.8 Å². The van der Waals surface area contributed by atoms with Gasteiger partial charge in [0.2, 0.25) is 0 Å². The van der Waals surface area contributed by atoms with Crippen LogP contribution in [0, 0.1) is 17.3 Å². The Morgan fingerprint density at radius 3 is 2.36 bits per heavy atom. The highest BCUT2D eigenvalue weighted by Gasteiger charge is 2.02. The van der Waals surface area contributed by atoms with Gasteiger partial charge in [0, 0.05) is 5.41 Å². The van der Waals surface area contributed by atoms with Crippen molar-refractivity contribution in [2.75, 3.05) is 13.2 Å². The average molecular weight is 194 g/mol. The molecule has 0 aliphatic rings. The standard InChI is InChI=1S/C12H18O2/c1-12(2,3)8-4-6-11(10-14)7-5-9-13/h5-7,13-14H,9-10H2,1-3H3/b7-5+,11-6-. The smallest absolute Gasteiger partial charge is 0.0687 e. The number of aliphatic hydroxyl groups excluding tert-OH is 2. The van der Waals surface area contributed by atoms with E-state index in [4.69, 9.17) is 10.2 Å². The van der Waals surface area contributed by atoms with Gasteiger partial charge in [-0.3, -0.25) is 0 Å². The summed E-state index contributed by atoms with van der Waals surface area (Å²) in [6, 6.07) is 0. The molecule has 0 bridgehead atoms. The normalized spacial score (nSPS) is 12.8. The van der Waals surface area contributed by atoms with E-state index < -0.39 is 0 Å². The fourth-order valence-corrected chi connectivity index (χ4v) is 0.696. The third kappa shape index (κ3) is 7.60. The van der Waals surface area contributed by atoms with Gasteiger partial charge in [0.25, 0.3) is 0 Å². The monoisotopic (exact) mass is 194 g/mol. The maximum absolute atomic E-state index is 8.91. The first-order valence-corrected chi connectivity index (χ1v) is 4.59. The van der Waals surface area contributed by atoms with E-state index in [-0.39, 0.29) is 18.6 Å². The summed E-state index contributed by atoms with van der Waals surface area (Å²) < 4.78 is 0. The van der Waals surface area contributed by atoms with Crippen LogP contribution in [-0.2, 0) is 0 Å². The topological polar surface area (TPSA) is 40.5 Å². The zero-order valence-electron chi connectivity index (χ0n) is 9.04. The summed E-state index contributed by atoms with van der Waals surface area (Å²) in [4.78, 5) is 0. The van der Waals surface area contributed by atoms with Crippen molar-refractivity contribution < 1.29 is 10.2 Å². The molecule has 2 heteroatoms. The molecule has 0 aliphatic heterocycles. The number of hydrogen-bond acceptors (Lipinski definition) is 2. The molecule has 0 amide bonds. The van der Waals surface area contributed by atoms with Gasteiger partial charge in [0.1, 0.15) is 0 Å². The number of allylic oxidation sites excluding steroid dienone is 1. The van der Waals surface area contributed by atoms with E-state index in [0.29, 0.717) is 5.57 Å². The van der Waals surface area contributed by atoms with Crippen LogP contribution in [0.4, 0.5) is 0 Å². The van der Waals surface area contributed by atoms with E-state index in [1.54, 1.807) is 18.2 Å². The van der Waals surface area contributed by atoms with Gasteiger partial charge in [-0.2, -0.15) is 0 Å². The molecule has 0 fully saturated rings. The van der Waals surface area contributed by atoms with Gasteiger partial charge in [-0.25, -0.2) is 0 Å². The first-order chi connectivity index (χ1) is 6.49. The third-order valence-corrected chi connectivity index (χ3v) is 1.32. The Morgan fingerprint density at radius 1 is 1.29 bits per heavy atom. The lowest BCUT2D eigenvalue weighted by Gasteiger charge is -2.06. The SMILES string of the molecule is CC(C)(C)C#C/C=C(/C=C/CO)CO. The van der Waals surface area contributed by atoms with Crippen LogP contribution in [0.3, 0.4) is 0 Å². The quantitative estimate of drug-likeness (QED) is 0.528. The fraction of sp³-hybridized carbons (Fsp3) is 0.500. The highest BCUT2D eigenvalue weighted by Crippen LogP contribution is 2.09. The van der Waals surface area contributed by atoms with Crippen LogP contribution in [0.2, 0.25) is 0 Å². The van der Waals surface area contributed by atoms with Crippen LogP contribution in [0.5, 0.6) is 0 Å². The van der Waals surface area contributed by atoms with Crippen molar-refractivity contribution in [3.05, 3.63) is 23.8 Å². The minimum absolute atomic E-state index is 0.0238. The molecule has 0 saturated heterocycles. The second-order valence-electron chi connectivity index (χ2n) is 3.98. The van der Waals surface area contributed by atoms with Crippen molar-refractivity contribution in [2.45, 2.75) is 20.8 Å². The Bertz CT molecular complexity index is 269. The molecule has 0 aromatic heterocycles. The van der Waals surface area contributed by atoms with Gasteiger partial charge in [-0.15, -0.1) is 0 Å². The highest BCUT2D eigenvalue weighted by atomic mass is 16.3. The average Bonchev–Trinajstić information content (AvgIpc) is 2.09. The van der Waals surface area contributed by atoms with Gasteiger partial charge >= 0.3 is 0 Å². The van der Waals surface area contributed by atoms with Crippen LogP contribution in [0.25, 0.3) is 0 Å². The molecule has 2 N–H and O–H groups in total. The molecule has 0 aliphatic carbocycles. The molecule has 0 unspecified atom stereocenters. The van der Waals surface area contributed by atoms with Crippen molar-refractivity contribution >= 4 is 0 Å². The molecule has 0 atom stereocenters. The Labute approximate surface area is 86.0 Å². The Kier molecular flexibility index (Phi) is 5.94. The largest absolute Gasteiger partial charge is 0.392 e. The molecule has 0 heterocycles. The van der Waals surface area contributed by atoms with Crippen LogP contribution >= 0.6 is 0 Å². The summed E-state index contributed by atoms with van der Waals surface area (Å²) in [5.41, 5.74) is 0.674. The van der Waals surface area contributed by atoms with Gasteiger partial charge in [-0.05, 0) is 32.4 Å². The molecule has 0 saturated carbocycles. The molecule has 0 aromatic carbocycles. The third-order valence-electron chi connectivity index (χ3n) is 1.32. The van der Waals surface area contributed by atoms with Gasteiger partial charge in [0.05, 0.1) is 13.2 Å². The number of aliphatic hydroxyl groups is 2. The Hall–Kier alpha value is -1.04. The molecule has 2 nitrogen and oxygen atoms in total. The van der Waals surface area contributed by atoms with Crippen LogP contribution in [-0.4, -0.2) is 23.4 Å². The van der Waals surface area contributed by atoms with E-state index >= 15 is 0 Å². The fourth-order valence-electron chi connectivity index (χ4n) is 0.696. The summed E-state index contributed by atoms with van der Waals surface area (Å²) >= 11 is 0. The van der Waals surface area contributed by atoms with Crippen LogP contribution < -0.4 is 0 Å². The first-order valence-electron chi connectivity index (χ1n) is 4.59. The molecule has 14 heavy (non-hydrogen) atoms. The molecular formula is C12H18O2. The molecule has 78 valence electrons. The summed E-state index contributed by atoms with van der Waals surface area (Å²) in [5, 5.41) is 17.4. The lowest BCUT2D eigenvalue weighted by Crippen LogP contribution is -1.98. The lowest BCUT2D eigenvalue weighted by molar-refractivity contribution is 0.333. The molecule has 0 rings (SSSR count). The van der Waals surface area contributed by atoms with Crippen molar-refractivity contribution in [3.63, 3.8) is 0 Å². The van der Waals surface area contributed by atoms with Gasteiger partial charge < -0.3 is 10.2 Å². The number of rotatable bonds is 3. The van der Waals surface area contributed by atoms with Crippen molar-refractivity contribution in [3.8, 4) is 11.8 Å². The maximum atomic E-state index is 8.91. The van der Waals surface area contributed by atoms with E-state index in [1.165, 1.54) is 0 Å². The van der Waals surface area contributed by atoms with Crippen molar-refractivity contribution in [2.24, 2.45) is 5.41 Å². The summed E-state index contributed by atoms with van der Waals surface area (Å²) in [7, 11) is 0. The molecular weight excluding hydrogens is 176 g/mol.